The van der Waals surface area contributed by atoms with E-state index in [1.165, 1.54) is 31.7 Å². The summed E-state index contributed by atoms with van der Waals surface area (Å²) >= 11 is 6.07. The predicted octanol–water partition coefficient (Wildman–Crippen LogP) is 5.46. The monoisotopic (exact) mass is 335 g/mol. The Labute approximate surface area is 133 Å². The van der Waals surface area contributed by atoms with Crippen LogP contribution in [0.15, 0.2) is 23.4 Å². The molecule has 0 amide bonds. The Kier molecular flexibility index (Phi) is 5.88. The maximum absolute atomic E-state index is 12.5. The van der Waals surface area contributed by atoms with Gasteiger partial charge in [-0.15, -0.1) is 11.8 Å². The van der Waals surface area contributed by atoms with Crippen LogP contribution in [-0.2, 0) is 6.18 Å². The van der Waals surface area contributed by atoms with Crippen molar-refractivity contribution in [1.29, 1.82) is 0 Å². The molecular weight excluding hydrogens is 315 g/mol. The fraction of sp³-hybridized carbons (Fsp3) is 0.667. The minimum absolute atomic E-state index is 0.203. The van der Waals surface area contributed by atoms with E-state index in [1.54, 1.807) is 11.8 Å². The fourth-order valence-corrected chi connectivity index (χ4v) is 4.40. The lowest BCUT2D eigenvalue weighted by Gasteiger charge is -2.30. The Balaban J connectivity index is 1.97. The quantitative estimate of drug-likeness (QED) is 0.445. The van der Waals surface area contributed by atoms with Gasteiger partial charge in [-0.1, -0.05) is 25.7 Å². The number of halogens is 3. The second kappa shape index (κ2) is 7.27. The van der Waals surface area contributed by atoms with Gasteiger partial charge in [-0.3, -0.25) is 0 Å². The number of hydrogen-bond donors (Lipinski definition) is 1. The molecule has 1 aliphatic carbocycles. The molecular formula is C15H20F3NS2. The third-order valence-electron chi connectivity index (χ3n) is 4.09. The summed E-state index contributed by atoms with van der Waals surface area (Å²) < 4.78 is 37.5. The highest BCUT2D eigenvalue weighted by atomic mass is 32.2. The highest BCUT2D eigenvalue weighted by molar-refractivity contribution is 7.99. The molecule has 0 bridgehead atoms. The van der Waals surface area contributed by atoms with Gasteiger partial charge in [0, 0.05) is 11.9 Å². The van der Waals surface area contributed by atoms with E-state index in [0.29, 0.717) is 5.03 Å². The van der Waals surface area contributed by atoms with Gasteiger partial charge in [0.2, 0.25) is 0 Å². The minimum atomic E-state index is -4.32. The molecule has 0 saturated heterocycles. The van der Waals surface area contributed by atoms with Crippen LogP contribution in [0.4, 0.5) is 13.2 Å². The zero-order chi connectivity index (χ0) is 15.3. The van der Waals surface area contributed by atoms with Gasteiger partial charge in [0.1, 0.15) is 0 Å². The Morgan fingerprint density at radius 3 is 2.29 bits per heavy atom. The van der Waals surface area contributed by atoms with Gasteiger partial charge < -0.3 is 0 Å². The van der Waals surface area contributed by atoms with Crippen LogP contribution in [0.5, 0.6) is 0 Å². The zero-order valence-corrected chi connectivity index (χ0v) is 13.5. The van der Waals surface area contributed by atoms with Crippen molar-refractivity contribution in [3.8, 4) is 0 Å². The number of hydrogen-bond acceptors (Lipinski definition) is 3. The van der Waals surface area contributed by atoms with Crippen molar-refractivity contribution in [3.63, 3.8) is 0 Å². The van der Waals surface area contributed by atoms with Gasteiger partial charge in [0.05, 0.1) is 10.6 Å². The molecule has 0 radical (unpaired) electrons. The molecule has 1 nitrogen and oxygen atoms in total. The number of thioether (sulfide) groups is 1. The number of nitrogens with zero attached hydrogens (tertiary/aromatic N) is 1. The van der Waals surface area contributed by atoms with Crippen LogP contribution in [0.25, 0.3) is 0 Å². The smallest absolute Gasteiger partial charge is 0.249 e. The van der Waals surface area contributed by atoms with Crippen LogP contribution in [-0.4, -0.2) is 16.5 Å². The Hall–Kier alpha value is -0.360. The number of pyridine rings is 1. The average Bonchev–Trinajstić information content (AvgIpc) is 2.71. The van der Waals surface area contributed by atoms with E-state index >= 15 is 0 Å². The van der Waals surface area contributed by atoms with Crippen molar-refractivity contribution in [2.45, 2.75) is 49.7 Å². The van der Waals surface area contributed by atoms with E-state index in [0.717, 1.165) is 36.6 Å². The molecule has 21 heavy (non-hydrogen) atoms. The van der Waals surface area contributed by atoms with Gasteiger partial charge in [0.25, 0.3) is 0 Å². The van der Waals surface area contributed by atoms with E-state index in [4.69, 9.17) is 0 Å². The lowest BCUT2D eigenvalue weighted by Crippen LogP contribution is -2.25. The highest BCUT2D eigenvalue weighted by Crippen LogP contribution is 2.40. The second-order valence-electron chi connectivity index (χ2n) is 5.74. The lowest BCUT2D eigenvalue weighted by atomic mass is 9.84. The summed E-state index contributed by atoms with van der Waals surface area (Å²) in [5.74, 6) is 1.72. The fourth-order valence-electron chi connectivity index (χ4n) is 2.69. The summed E-state index contributed by atoms with van der Waals surface area (Å²) in [5.41, 5.74) is -0.487. The number of aromatic nitrogens is 1. The average molecular weight is 335 g/mol. The van der Waals surface area contributed by atoms with E-state index in [-0.39, 0.29) is 5.41 Å². The Morgan fingerprint density at radius 1 is 1.14 bits per heavy atom. The zero-order valence-electron chi connectivity index (χ0n) is 11.8. The van der Waals surface area contributed by atoms with Crippen molar-refractivity contribution >= 4 is 24.4 Å². The van der Waals surface area contributed by atoms with Crippen LogP contribution in [0.2, 0.25) is 0 Å². The third kappa shape index (κ3) is 4.81. The van der Waals surface area contributed by atoms with E-state index in [9.17, 15) is 13.2 Å². The van der Waals surface area contributed by atoms with Gasteiger partial charge in [-0.05, 0) is 36.1 Å². The molecule has 2 rings (SSSR count). The first kappa shape index (κ1) is 17.0. The maximum Gasteiger partial charge on any atom is 0.417 e. The number of alkyl halides is 3. The van der Waals surface area contributed by atoms with Crippen molar-refractivity contribution in [2.75, 3.05) is 11.5 Å². The number of thiol groups is 1. The van der Waals surface area contributed by atoms with Gasteiger partial charge in [0.15, 0.2) is 0 Å². The summed E-state index contributed by atoms with van der Waals surface area (Å²) in [6, 6.07) is 2.58. The molecule has 6 heteroatoms. The molecule has 1 aliphatic rings. The normalized spacial score (nSPS) is 19.2. The van der Waals surface area contributed by atoms with E-state index in [1.807, 2.05) is 0 Å². The van der Waals surface area contributed by atoms with Gasteiger partial charge >= 0.3 is 6.18 Å². The highest BCUT2D eigenvalue weighted by Gasteiger charge is 2.32. The molecule has 0 unspecified atom stereocenters. The van der Waals surface area contributed by atoms with E-state index < -0.39 is 11.7 Å². The first-order valence-electron chi connectivity index (χ1n) is 7.22. The SMILES string of the molecule is FC(F)(F)c1ccc(SCC2(CS)CCCCCC2)nc1. The lowest BCUT2D eigenvalue weighted by molar-refractivity contribution is -0.137. The molecule has 118 valence electrons. The summed E-state index contributed by atoms with van der Waals surface area (Å²) in [5, 5.41) is 0.661. The van der Waals surface area contributed by atoms with Crippen molar-refractivity contribution in [1.82, 2.24) is 4.98 Å². The first-order chi connectivity index (χ1) is 9.95. The first-order valence-corrected chi connectivity index (χ1v) is 8.84. The molecule has 1 saturated carbocycles. The maximum atomic E-state index is 12.5. The summed E-state index contributed by atoms with van der Waals surface area (Å²) in [4.78, 5) is 3.94. The van der Waals surface area contributed by atoms with Crippen LogP contribution >= 0.6 is 24.4 Å². The van der Waals surface area contributed by atoms with Crippen molar-refractivity contribution < 1.29 is 13.2 Å². The molecule has 1 fully saturated rings. The number of rotatable bonds is 4. The largest absolute Gasteiger partial charge is 0.417 e. The van der Waals surface area contributed by atoms with Crippen LogP contribution < -0.4 is 0 Å². The molecule has 0 spiro atoms. The van der Waals surface area contributed by atoms with Gasteiger partial charge in [-0.25, -0.2) is 4.98 Å². The second-order valence-corrected chi connectivity index (χ2v) is 7.06. The summed E-state index contributed by atoms with van der Waals surface area (Å²) in [6.07, 6.45) is 3.92. The molecule has 1 heterocycles. The van der Waals surface area contributed by atoms with Crippen molar-refractivity contribution in [3.05, 3.63) is 23.9 Å². The summed E-state index contributed by atoms with van der Waals surface area (Å²) in [7, 11) is 0. The van der Waals surface area contributed by atoms with E-state index in [2.05, 4.69) is 17.6 Å². The van der Waals surface area contributed by atoms with Crippen LogP contribution in [0.1, 0.15) is 44.1 Å². The topological polar surface area (TPSA) is 12.9 Å². The molecule has 1 aromatic rings. The molecule has 0 N–H and O–H groups in total. The molecule has 0 aromatic carbocycles. The van der Waals surface area contributed by atoms with Crippen LogP contribution in [0, 0.1) is 5.41 Å². The van der Waals surface area contributed by atoms with Crippen LogP contribution in [0.3, 0.4) is 0 Å². The predicted molar refractivity (Wildman–Crippen MR) is 84.0 cm³/mol. The Morgan fingerprint density at radius 2 is 1.81 bits per heavy atom. The molecule has 0 aliphatic heterocycles. The molecule has 1 aromatic heterocycles. The third-order valence-corrected chi connectivity index (χ3v) is 6.05. The summed E-state index contributed by atoms with van der Waals surface area (Å²) in [6.45, 7) is 0. The standard InChI is InChI=1S/C15H20F3NS2/c16-15(17,18)12-5-6-13(19-9-12)21-11-14(10-20)7-3-1-2-4-8-14/h5-6,9,20H,1-4,7-8,10-11H2. The van der Waals surface area contributed by atoms with Gasteiger partial charge in [-0.2, -0.15) is 25.8 Å². The Bertz CT molecular complexity index is 437. The van der Waals surface area contributed by atoms with Crippen molar-refractivity contribution in [2.24, 2.45) is 5.41 Å². The molecule has 0 atom stereocenters. The minimum Gasteiger partial charge on any atom is -0.249 e.